The van der Waals surface area contributed by atoms with Crippen molar-refractivity contribution >= 4 is 27.3 Å². The van der Waals surface area contributed by atoms with E-state index in [0.29, 0.717) is 10.6 Å². The van der Waals surface area contributed by atoms with Gasteiger partial charge in [-0.2, -0.15) is 0 Å². The molecule has 0 saturated heterocycles. The zero-order valence-corrected chi connectivity index (χ0v) is 12.1. The highest BCUT2D eigenvalue weighted by Crippen LogP contribution is 2.24. The summed E-state index contributed by atoms with van der Waals surface area (Å²) in [7, 11) is -1.99. The predicted octanol–water partition coefficient (Wildman–Crippen LogP) is 1.80. The van der Waals surface area contributed by atoms with Crippen LogP contribution in [0.4, 0.5) is 0 Å². The molecule has 1 aromatic rings. The molecule has 102 valence electrons. The van der Waals surface area contributed by atoms with Crippen LogP contribution in [0.5, 0.6) is 0 Å². The third-order valence-electron chi connectivity index (χ3n) is 2.51. The molecule has 0 radical (unpaired) electrons. The molecule has 0 amide bonds. The van der Waals surface area contributed by atoms with Crippen LogP contribution in [-0.4, -0.2) is 37.4 Å². The highest BCUT2D eigenvalue weighted by atomic mass is 32.2. The minimum atomic E-state index is -3.47. The summed E-state index contributed by atoms with van der Waals surface area (Å²) in [5.74, 6) is -0.912. The maximum atomic E-state index is 12.1. The molecule has 1 rings (SSSR count). The molecule has 0 aromatic carbocycles. The van der Waals surface area contributed by atoms with Crippen molar-refractivity contribution in [2.24, 2.45) is 0 Å². The van der Waals surface area contributed by atoms with Crippen LogP contribution in [0.25, 0.3) is 0 Å². The van der Waals surface area contributed by atoms with E-state index < -0.39 is 16.0 Å². The molecule has 0 spiro atoms. The molecule has 0 bridgehead atoms. The van der Waals surface area contributed by atoms with E-state index in [1.165, 1.54) is 22.7 Å². The zero-order chi connectivity index (χ0) is 13.8. The number of thiophene rings is 1. The van der Waals surface area contributed by atoms with E-state index in [-0.39, 0.29) is 13.0 Å². The molecule has 0 aliphatic rings. The Balaban J connectivity index is 2.70. The Morgan fingerprint density at radius 3 is 2.61 bits per heavy atom. The Morgan fingerprint density at radius 2 is 2.11 bits per heavy atom. The van der Waals surface area contributed by atoms with Crippen LogP contribution in [0, 0.1) is 0 Å². The van der Waals surface area contributed by atoms with E-state index in [2.05, 4.69) is 0 Å². The largest absolute Gasteiger partial charge is 0.481 e. The van der Waals surface area contributed by atoms with Gasteiger partial charge in [0.1, 0.15) is 4.21 Å². The number of carboxylic acid groups (broad SMARTS) is 1. The Labute approximate surface area is 111 Å². The third kappa shape index (κ3) is 3.79. The van der Waals surface area contributed by atoms with Crippen molar-refractivity contribution < 1.29 is 18.3 Å². The molecule has 0 atom stereocenters. The highest BCUT2D eigenvalue weighted by Gasteiger charge is 2.22. The monoisotopic (exact) mass is 291 g/mol. The summed E-state index contributed by atoms with van der Waals surface area (Å²) in [6, 6.07) is 3.41. The number of carbonyl (C=O) groups is 1. The Bertz CT molecular complexity index is 507. The number of aryl methyl sites for hydroxylation is 1. The van der Waals surface area contributed by atoms with Gasteiger partial charge in [-0.05, 0) is 25.0 Å². The summed E-state index contributed by atoms with van der Waals surface area (Å²) in [4.78, 5) is 11.4. The van der Waals surface area contributed by atoms with Crippen molar-refractivity contribution in [1.29, 1.82) is 0 Å². The van der Waals surface area contributed by atoms with Crippen LogP contribution >= 0.6 is 11.3 Å². The molecule has 1 heterocycles. The molecule has 7 heteroatoms. The average molecular weight is 291 g/mol. The summed E-state index contributed by atoms with van der Waals surface area (Å²) in [6.07, 6.45) is 1.10. The van der Waals surface area contributed by atoms with Gasteiger partial charge in [-0.1, -0.05) is 6.92 Å². The van der Waals surface area contributed by atoms with Crippen molar-refractivity contribution in [1.82, 2.24) is 4.31 Å². The Kier molecular flexibility index (Phi) is 5.30. The standard InChI is InChI=1S/C11H17NO4S2/c1-3-9-6-7-11(17-9)18(15,16)12(2)8-4-5-10(13)14/h6-7H,3-5,8H2,1-2H3,(H,13,14). The summed E-state index contributed by atoms with van der Waals surface area (Å²) in [5, 5.41) is 8.52. The first-order chi connectivity index (χ1) is 8.37. The predicted molar refractivity (Wildman–Crippen MR) is 70.4 cm³/mol. The van der Waals surface area contributed by atoms with Gasteiger partial charge in [0.05, 0.1) is 0 Å². The van der Waals surface area contributed by atoms with Gasteiger partial charge in [-0.15, -0.1) is 11.3 Å². The topological polar surface area (TPSA) is 74.7 Å². The summed E-state index contributed by atoms with van der Waals surface area (Å²) in [5.41, 5.74) is 0. The van der Waals surface area contributed by atoms with Crippen LogP contribution < -0.4 is 0 Å². The molecule has 18 heavy (non-hydrogen) atoms. The first-order valence-electron chi connectivity index (χ1n) is 5.64. The number of hydrogen-bond acceptors (Lipinski definition) is 4. The van der Waals surface area contributed by atoms with Crippen molar-refractivity contribution in [3.8, 4) is 0 Å². The van der Waals surface area contributed by atoms with Gasteiger partial charge in [0.15, 0.2) is 0 Å². The van der Waals surface area contributed by atoms with Gasteiger partial charge in [0, 0.05) is 24.9 Å². The number of aliphatic carboxylic acids is 1. The fraction of sp³-hybridized carbons (Fsp3) is 0.545. The second kappa shape index (κ2) is 6.31. The van der Waals surface area contributed by atoms with Crippen molar-refractivity contribution in [3.05, 3.63) is 17.0 Å². The molecule has 0 aliphatic heterocycles. The average Bonchev–Trinajstić information content (AvgIpc) is 2.77. The summed E-state index contributed by atoms with van der Waals surface area (Å²) < 4.78 is 25.8. The van der Waals surface area contributed by atoms with Crippen LogP contribution in [0.2, 0.25) is 0 Å². The first kappa shape index (κ1) is 15.1. The van der Waals surface area contributed by atoms with Gasteiger partial charge in [-0.3, -0.25) is 4.79 Å². The molecule has 1 N–H and O–H groups in total. The van der Waals surface area contributed by atoms with Gasteiger partial charge >= 0.3 is 5.97 Å². The number of nitrogens with zero attached hydrogens (tertiary/aromatic N) is 1. The van der Waals surface area contributed by atoms with Gasteiger partial charge in [-0.25, -0.2) is 12.7 Å². The minimum absolute atomic E-state index is 0.0233. The fourth-order valence-corrected chi connectivity index (χ4v) is 4.13. The van der Waals surface area contributed by atoms with Crippen LogP contribution in [-0.2, 0) is 21.2 Å². The van der Waals surface area contributed by atoms with Crippen LogP contribution in [0.15, 0.2) is 16.3 Å². The fourth-order valence-electron chi connectivity index (χ4n) is 1.41. The zero-order valence-electron chi connectivity index (χ0n) is 10.4. The van der Waals surface area contributed by atoms with E-state index in [4.69, 9.17) is 5.11 Å². The number of rotatable bonds is 7. The molecule has 0 saturated carbocycles. The van der Waals surface area contributed by atoms with E-state index >= 15 is 0 Å². The first-order valence-corrected chi connectivity index (χ1v) is 7.90. The summed E-state index contributed by atoms with van der Waals surface area (Å²) >= 11 is 1.26. The third-order valence-corrected chi connectivity index (χ3v) is 6.07. The summed E-state index contributed by atoms with van der Waals surface area (Å²) in [6.45, 7) is 2.19. The normalized spacial score (nSPS) is 11.9. The van der Waals surface area contributed by atoms with Gasteiger partial charge in [0.25, 0.3) is 10.0 Å². The van der Waals surface area contributed by atoms with Crippen molar-refractivity contribution in [2.45, 2.75) is 30.4 Å². The molecule has 0 aliphatic carbocycles. The number of hydrogen-bond donors (Lipinski definition) is 1. The lowest BCUT2D eigenvalue weighted by molar-refractivity contribution is -0.137. The van der Waals surface area contributed by atoms with Crippen LogP contribution in [0.3, 0.4) is 0 Å². The van der Waals surface area contributed by atoms with E-state index in [9.17, 15) is 13.2 Å². The Hall–Kier alpha value is -0.920. The Morgan fingerprint density at radius 1 is 1.44 bits per heavy atom. The maximum absolute atomic E-state index is 12.1. The molecule has 0 unspecified atom stereocenters. The lowest BCUT2D eigenvalue weighted by Crippen LogP contribution is -2.27. The number of carboxylic acids is 1. The van der Waals surface area contributed by atoms with Crippen molar-refractivity contribution in [3.63, 3.8) is 0 Å². The van der Waals surface area contributed by atoms with E-state index in [0.717, 1.165) is 11.3 Å². The lowest BCUT2D eigenvalue weighted by atomic mass is 10.3. The second-order valence-electron chi connectivity index (χ2n) is 3.90. The minimum Gasteiger partial charge on any atom is -0.481 e. The molecule has 0 fully saturated rings. The van der Waals surface area contributed by atoms with E-state index in [1.807, 2.05) is 13.0 Å². The molecule has 5 nitrogen and oxygen atoms in total. The molecule has 1 aromatic heterocycles. The maximum Gasteiger partial charge on any atom is 0.303 e. The van der Waals surface area contributed by atoms with Crippen molar-refractivity contribution in [2.75, 3.05) is 13.6 Å². The SMILES string of the molecule is CCc1ccc(S(=O)(=O)N(C)CCCC(=O)O)s1. The van der Waals surface area contributed by atoms with Crippen LogP contribution in [0.1, 0.15) is 24.6 Å². The number of sulfonamides is 1. The van der Waals surface area contributed by atoms with Gasteiger partial charge < -0.3 is 5.11 Å². The molecular formula is C11H17NO4S2. The molecular weight excluding hydrogens is 274 g/mol. The second-order valence-corrected chi connectivity index (χ2v) is 7.34. The highest BCUT2D eigenvalue weighted by molar-refractivity contribution is 7.91. The quantitative estimate of drug-likeness (QED) is 0.831. The van der Waals surface area contributed by atoms with Gasteiger partial charge in [0.2, 0.25) is 0 Å². The van der Waals surface area contributed by atoms with E-state index in [1.54, 1.807) is 6.07 Å². The smallest absolute Gasteiger partial charge is 0.303 e. The lowest BCUT2D eigenvalue weighted by Gasteiger charge is -2.15.